The third-order valence-electron chi connectivity index (χ3n) is 8.02. The zero-order valence-electron chi connectivity index (χ0n) is 23.6. The number of hydrogen-bond donors (Lipinski definition) is 1. The van der Waals surface area contributed by atoms with Gasteiger partial charge in [0.15, 0.2) is 5.82 Å². The number of benzene rings is 2. The summed E-state index contributed by atoms with van der Waals surface area (Å²) in [5.41, 5.74) is 1.57. The van der Waals surface area contributed by atoms with Crippen molar-refractivity contribution in [2.75, 3.05) is 49.1 Å². The van der Waals surface area contributed by atoms with Crippen molar-refractivity contribution in [3.05, 3.63) is 60.0 Å². The van der Waals surface area contributed by atoms with Crippen molar-refractivity contribution in [3.63, 3.8) is 0 Å². The number of aliphatic hydroxyl groups is 1. The van der Waals surface area contributed by atoms with Gasteiger partial charge in [0.1, 0.15) is 23.8 Å². The van der Waals surface area contributed by atoms with E-state index in [0.29, 0.717) is 72.9 Å². The van der Waals surface area contributed by atoms with Crippen LogP contribution in [0.5, 0.6) is 0 Å². The maximum atomic E-state index is 15.4. The van der Waals surface area contributed by atoms with Crippen LogP contribution in [0.4, 0.5) is 25.1 Å². The summed E-state index contributed by atoms with van der Waals surface area (Å²) in [4.78, 5) is 31.4. The van der Waals surface area contributed by atoms with Crippen LogP contribution in [0.3, 0.4) is 0 Å². The van der Waals surface area contributed by atoms with Crippen molar-refractivity contribution in [2.24, 2.45) is 0 Å². The van der Waals surface area contributed by atoms with Crippen LogP contribution < -0.4 is 9.80 Å². The molecule has 2 aromatic heterocycles. The van der Waals surface area contributed by atoms with Crippen LogP contribution in [-0.2, 0) is 0 Å². The number of carbonyl (C=O) groups excluding carboxylic acids is 1. The van der Waals surface area contributed by atoms with Gasteiger partial charge in [-0.05, 0) is 49.1 Å². The van der Waals surface area contributed by atoms with E-state index in [9.17, 15) is 4.79 Å². The molecule has 2 aliphatic rings. The van der Waals surface area contributed by atoms with Crippen LogP contribution in [0.25, 0.3) is 22.0 Å². The molecule has 6 rings (SSSR count). The Morgan fingerprint density at radius 3 is 2.60 bits per heavy atom. The average Bonchev–Trinajstić information content (AvgIpc) is 3.63. The Balaban J connectivity index is 1.25. The number of carbonyl (C=O) groups is 1. The van der Waals surface area contributed by atoms with Crippen molar-refractivity contribution in [1.29, 1.82) is 0 Å². The summed E-state index contributed by atoms with van der Waals surface area (Å²) in [7, 11) is 0. The Morgan fingerprint density at radius 2 is 1.88 bits per heavy atom. The zero-order valence-corrected chi connectivity index (χ0v) is 23.6. The number of nitrogens with zero attached hydrogens (tertiary/aromatic N) is 7. The monoisotopic (exact) mass is 577 g/mol. The van der Waals surface area contributed by atoms with Gasteiger partial charge in [0.2, 0.25) is 5.89 Å². The van der Waals surface area contributed by atoms with Gasteiger partial charge in [-0.3, -0.25) is 4.90 Å². The minimum atomic E-state index is -0.583. The summed E-state index contributed by atoms with van der Waals surface area (Å²) in [6.07, 6.45) is 3.51. The lowest BCUT2D eigenvalue weighted by Crippen LogP contribution is -2.34. The summed E-state index contributed by atoms with van der Waals surface area (Å²) in [6.45, 7) is 6.59. The van der Waals surface area contributed by atoms with E-state index in [0.717, 1.165) is 18.7 Å². The molecule has 1 N–H and O–H groups in total. The van der Waals surface area contributed by atoms with E-state index in [1.807, 2.05) is 13.8 Å². The molecule has 2 fully saturated rings. The van der Waals surface area contributed by atoms with Crippen LogP contribution >= 0.6 is 0 Å². The van der Waals surface area contributed by atoms with E-state index in [1.54, 1.807) is 17.0 Å². The summed E-state index contributed by atoms with van der Waals surface area (Å²) in [6, 6.07) is 7.01. The highest BCUT2D eigenvalue weighted by Crippen LogP contribution is 2.37. The molecule has 2 saturated heterocycles. The van der Waals surface area contributed by atoms with Gasteiger partial charge < -0.3 is 19.4 Å². The van der Waals surface area contributed by atoms with Crippen LogP contribution in [0.2, 0.25) is 0 Å². The minimum Gasteiger partial charge on any atom is -0.396 e. The third kappa shape index (κ3) is 5.26. The van der Waals surface area contributed by atoms with E-state index < -0.39 is 11.6 Å². The number of urea groups is 1. The van der Waals surface area contributed by atoms with E-state index in [2.05, 4.69) is 25.0 Å². The average molecular weight is 578 g/mol. The van der Waals surface area contributed by atoms with E-state index in [1.165, 1.54) is 29.4 Å². The van der Waals surface area contributed by atoms with Crippen molar-refractivity contribution < 1.29 is 23.2 Å². The fraction of sp³-hybridized carbons (Fsp3) is 0.433. The number of aromatic nitrogens is 4. The predicted molar refractivity (Wildman–Crippen MR) is 153 cm³/mol. The van der Waals surface area contributed by atoms with Crippen LogP contribution in [0.15, 0.2) is 41.2 Å². The van der Waals surface area contributed by atoms with Crippen LogP contribution in [0, 0.1) is 11.6 Å². The van der Waals surface area contributed by atoms with Gasteiger partial charge in [0, 0.05) is 62.1 Å². The number of fused-ring (bicyclic) bond motifs is 1. The lowest BCUT2D eigenvalue weighted by Gasteiger charge is -2.32. The van der Waals surface area contributed by atoms with Gasteiger partial charge in [-0.2, -0.15) is 4.98 Å². The van der Waals surface area contributed by atoms with Crippen molar-refractivity contribution in [1.82, 2.24) is 25.0 Å². The normalized spacial score (nSPS) is 16.4. The number of amides is 2. The molecule has 2 aliphatic heterocycles. The number of aliphatic hydroxyl groups excluding tert-OH is 1. The standard InChI is InChI=1S/C30H33F2N7O3/c1-18(2)29-35-27(36-42-29)19-6-9-37(10-7-19)28-23-16-21(31)15-22(26(23)33-17-34-28)20-4-5-25(24(32)14-20)39-12-11-38(30(39)41)8-3-13-40/h4-5,14-19,40H,3,6-13H2,1-2H3. The first-order valence-corrected chi connectivity index (χ1v) is 14.3. The van der Waals surface area contributed by atoms with Gasteiger partial charge in [-0.15, -0.1) is 0 Å². The van der Waals surface area contributed by atoms with E-state index in [-0.39, 0.29) is 30.2 Å². The van der Waals surface area contributed by atoms with Crippen molar-refractivity contribution in [3.8, 4) is 11.1 Å². The fourth-order valence-electron chi connectivity index (χ4n) is 5.76. The second kappa shape index (κ2) is 11.6. The molecule has 0 unspecified atom stereocenters. The smallest absolute Gasteiger partial charge is 0.324 e. The largest absolute Gasteiger partial charge is 0.396 e. The maximum Gasteiger partial charge on any atom is 0.324 e. The highest BCUT2D eigenvalue weighted by atomic mass is 19.1. The van der Waals surface area contributed by atoms with Gasteiger partial charge >= 0.3 is 6.03 Å². The summed E-state index contributed by atoms with van der Waals surface area (Å²) in [5.74, 6) is 1.26. The molecule has 2 aromatic carbocycles. The molecule has 0 radical (unpaired) electrons. The summed E-state index contributed by atoms with van der Waals surface area (Å²) in [5, 5.41) is 13.8. The maximum absolute atomic E-state index is 15.4. The molecular formula is C30H33F2N7O3. The van der Waals surface area contributed by atoms with Gasteiger partial charge in [0.25, 0.3) is 0 Å². The van der Waals surface area contributed by atoms with E-state index >= 15 is 8.78 Å². The Bertz CT molecular complexity index is 1600. The van der Waals surface area contributed by atoms with Gasteiger partial charge in [-0.1, -0.05) is 25.1 Å². The minimum absolute atomic E-state index is 0.0164. The molecule has 4 heterocycles. The third-order valence-corrected chi connectivity index (χ3v) is 8.02. The Labute approximate surface area is 242 Å². The molecule has 0 aliphatic carbocycles. The number of rotatable bonds is 8. The predicted octanol–water partition coefficient (Wildman–Crippen LogP) is 5.09. The first kappa shape index (κ1) is 28.0. The van der Waals surface area contributed by atoms with Crippen LogP contribution in [-0.4, -0.2) is 75.5 Å². The lowest BCUT2D eigenvalue weighted by atomic mass is 9.95. The molecule has 0 atom stereocenters. The lowest BCUT2D eigenvalue weighted by molar-refractivity contribution is 0.211. The SMILES string of the molecule is CC(C)c1nc(C2CCN(c3ncnc4c(-c5ccc(N6CCN(CCCO)C6=O)c(F)c5)cc(F)cc34)CC2)no1. The number of piperidine rings is 1. The Hall–Kier alpha value is -4.19. The number of halogens is 2. The second-order valence-corrected chi connectivity index (χ2v) is 11.1. The summed E-state index contributed by atoms with van der Waals surface area (Å²) < 4.78 is 35.9. The number of hydrogen-bond acceptors (Lipinski definition) is 8. The molecule has 0 spiro atoms. The first-order valence-electron chi connectivity index (χ1n) is 14.3. The molecule has 0 saturated carbocycles. The van der Waals surface area contributed by atoms with E-state index in [4.69, 9.17) is 9.63 Å². The number of anilines is 2. The Morgan fingerprint density at radius 1 is 1.07 bits per heavy atom. The van der Waals surface area contributed by atoms with Crippen molar-refractivity contribution >= 4 is 28.4 Å². The molecule has 220 valence electrons. The molecule has 10 nitrogen and oxygen atoms in total. The summed E-state index contributed by atoms with van der Waals surface area (Å²) >= 11 is 0. The first-order chi connectivity index (χ1) is 20.3. The quantitative estimate of drug-likeness (QED) is 0.308. The van der Waals surface area contributed by atoms with Gasteiger partial charge in [-0.25, -0.2) is 23.5 Å². The topological polar surface area (TPSA) is 112 Å². The molecule has 42 heavy (non-hydrogen) atoms. The highest BCUT2D eigenvalue weighted by Gasteiger charge is 2.31. The van der Waals surface area contributed by atoms with Crippen molar-refractivity contribution in [2.45, 2.75) is 44.9 Å². The molecule has 4 aromatic rings. The molecular weight excluding hydrogens is 544 g/mol. The fourth-order valence-corrected chi connectivity index (χ4v) is 5.76. The second-order valence-electron chi connectivity index (χ2n) is 11.1. The Kier molecular flexibility index (Phi) is 7.72. The zero-order chi connectivity index (χ0) is 29.4. The molecule has 0 bridgehead atoms. The molecule has 2 amide bonds. The highest BCUT2D eigenvalue weighted by molar-refractivity contribution is 6.00. The van der Waals surface area contributed by atoms with Crippen LogP contribution in [0.1, 0.15) is 56.7 Å². The molecule has 12 heteroatoms. The van der Waals surface area contributed by atoms with Gasteiger partial charge in [0.05, 0.1) is 11.2 Å².